The molecule has 2 aromatic carbocycles. The Bertz CT molecular complexity index is 1060. The summed E-state index contributed by atoms with van der Waals surface area (Å²) in [5.74, 6) is -0.797. The summed E-state index contributed by atoms with van der Waals surface area (Å²) < 4.78 is 15.9. The highest BCUT2D eigenvalue weighted by atomic mass is 19.1. The SMILES string of the molecule is O=C(N[C@@H](Cn1ccnc1)c1ccccc1)c1ccc2cccc(F)c2n1. The van der Waals surface area contributed by atoms with Gasteiger partial charge in [-0.3, -0.25) is 4.79 Å². The van der Waals surface area contributed by atoms with Crippen LogP contribution in [0.2, 0.25) is 0 Å². The van der Waals surface area contributed by atoms with Crippen molar-refractivity contribution in [2.45, 2.75) is 12.6 Å². The molecule has 134 valence electrons. The van der Waals surface area contributed by atoms with Crippen molar-refractivity contribution >= 4 is 16.8 Å². The topological polar surface area (TPSA) is 59.8 Å². The van der Waals surface area contributed by atoms with Gasteiger partial charge in [0.25, 0.3) is 5.91 Å². The van der Waals surface area contributed by atoms with Crippen molar-refractivity contribution in [1.82, 2.24) is 19.9 Å². The Morgan fingerprint density at radius 3 is 2.70 bits per heavy atom. The summed E-state index contributed by atoms with van der Waals surface area (Å²) in [6.45, 7) is 0.525. The minimum absolute atomic E-state index is 0.180. The molecule has 2 aromatic heterocycles. The Labute approximate surface area is 155 Å². The number of para-hydroxylation sites is 1. The molecule has 0 saturated heterocycles. The van der Waals surface area contributed by atoms with Gasteiger partial charge in [-0.05, 0) is 17.7 Å². The van der Waals surface area contributed by atoms with E-state index in [0.717, 1.165) is 5.56 Å². The summed E-state index contributed by atoms with van der Waals surface area (Å²) in [5.41, 5.74) is 1.33. The van der Waals surface area contributed by atoms with E-state index in [2.05, 4.69) is 15.3 Å². The van der Waals surface area contributed by atoms with Gasteiger partial charge in [-0.25, -0.2) is 14.4 Å². The van der Waals surface area contributed by atoms with Crippen LogP contribution in [-0.4, -0.2) is 20.4 Å². The number of aromatic nitrogens is 3. The van der Waals surface area contributed by atoms with Crippen LogP contribution in [-0.2, 0) is 6.54 Å². The highest BCUT2D eigenvalue weighted by Crippen LogP contribution is 2.18. The number of hydrogen-bond donors (Lipinski definition) is 1. The summed E-state index contributed by atoms with van der Waals surface area (Å²) in [5, 5.41) is 3.66. The Morgan fingerprint density at radius 1 is 1.07 bits per heavy atom. The van der Waals surface area contributed by atoms with Gasteiger partial charge in [0, 0.05) is 24.3 Å². The van der Waals surface area contributed by atoms with Crippen LogP contribution in [0.3, 0.4) is 0 Å². The lowest BCUT2D eigenvalue weighted by Gasteiger charge is -2.19. The smallest absolute Gasteiger partial charge is 0.270 e. The number of amides is 1. The van der Waals surface area contributed by atoms with Crippen molar-refractivity contribution in [3.63, 3.8) is 0 Å². The zero-order valence-corrected chi connectivity index (χ0v) is 14.4. The number of carbonyl (C=O) groups is 1. The molecular formula is C21H17FN4O. The number of pyridine rings is 1. The quantitative estimate of drug-likeness (QED) is 0.590. The Hall–Kier alpha value is -3.54. The zero-order valence-electron chi connectivity index (χ0n) is 14.4. The maximum atomic E-state index is 14.0. The van der Waals surface area contributed by atoms with Gasteiger partial charge in [-0.1, -0.05) is 48.5 Å². The number of carbonyl (C=O) groups excluding carboxylic acids is 1. The second kappa shape index (κ2) is 7.37. The summed E-state index contributed by atoms with van der Waals surface area (Å²) in [6.07, 6.45) is 5.23. The number of imidazole rings is 1. The van der Waals surface area contributed by atoms with Gasteiger partial charge in [0.05, 0.1) is 12.4 Å². The number of hydrogen-bond acceptors (Lipinski definition) is 3. The van der Waals surface area contributed by atoms with Crippen LogP contribution in [0, 0.1) is 5.82 Å². The first-order chi connectivity index (χ1) is 13.2. The molecule has 4 rings (SSSR count). The lowest BCUT2D eigenvalue weighted by atomic mass is 10.1. The molecule has 1 atom stereocenters. The number of halogens is 1. The van der Waals surface area contributed by atoms with Crippen LogP contribution in [0.4, 0.5) is 4.39 Å². The summed E-state index contributed by atoms with van der Waals surface area (Å²) >= 11 is 0. The van der Waals surface area contributed by atoms with E-state index in [-0.39, 0.29) is 23.2 Å². The van der Waals surface area contributed by atoms with E-state index in [1.165, 1.54) is 6.07 Å². The van der Waals surface area contributed by atoms with E-state index >= 15 is 0 Å². The monoisotopic (exact) mass is 360 g/mol. The maximum absolute atomic E-state index is 14.0. The first kappa shape index (κ1) is 16.9. The van der Waals surface area contributed by atoms with Gasteiger partial charge in [0.15, 0.2) is 0 Å². The van der Waals surface area contributed by atoms with Gasteiger partial charge >= 0.3 is 0 Å². The second-order valence-corrected chi connectivity index (χ2v) is 6.20. The average Bonchev–Trinajstić information content (AvgIpc) is 3.21. The van der Waals surface area contributed by atoms with Gasteiger partial charge < -0.3 is 9.88 Å². The largest absolute Gasteiger partial charge is 0.342 e. The van der Waals surface area contributed by atoms with Gasteiger partial charge in [0.2, 0.25) is 0 Å². The molecule has 5 nitrogen and oxygen atoms in total. The lowest BCUT2D eigenvalue weighted by Crippen LogP contribution is -2.31. The molecule has 0 aliphatic carbocycles. The molecule has 27 heavy (non-hydrogen) atoms. The fraction of sp³-hybridized carbons (Fsp3) is 0.0952. The van der Waals surface area contributed by atoms with Crippen molar-refractivity contribution in [3.8, 4) is 0 Å². The molecular weight excluding hydrogens is 343 g/mol. The fourth-order valence-corrected chi connectivity index (χ4v) is 2.99. The van der Waals surface area contributed by atoms with Crippen molar-refractivity contribution in [1.29, 1.82) is 0 Å². The minimum atomic E-state index is -0.444. The first-order valence-electron chi connectivity index (χ1n) is 8.57. The average molecular weight is 360 g/mol. The third-order valence-corrected chi connectivity index (χ3v) is 4.36. The molecule has 4 aromatic rings. The second-order valence-electron chi connectivity index (χ2n) is 6.20. The normalized spacial score (nSPS) is 12.0. The van der Waals surface area contributed by atoms with Crippen LogP contribution in [0.15, 0.2) is 79.4 Å². The number of nitrogens with one attached hydrogen (secondary N) is 1. The standard InChI is InChI=1S/C21H17FN4O/c22-17-8-4-7-16-9-10-18(24-20(16)17)21(27)25-19(13-26-12-11-23-14-26)15-5-2-1-3-6-15/h1-12,14,19H,13H2,(H,25,27)/t19-/m0/s1. The number of rotatable bonds is 5. The predicted molar refractivity (Wildman–Crippen MR) is 101 cm³/mol. The maximum Gasteiger partial charge on any atom is 0.270 e. The van der Waals surface area contributed by atoms with Crippen LogP contribution >= 0.6 is 0 Å². The van der Waals surface area contributed by atoms with Crippen molar-refractivity contribution in [2.75, 3.05) is 0 Å². The van der Waals surface area contributed by atoms with Crippen molar-refractivity contribution in [3.05, 3.63) is 96.5 Å². The number of benzene rings is 2. The molecule has 0 radical (unpaired) electrons. The molecule has 1 amide bonds. The predicted octanol–water partition coefficient (Wildman–Crippen LogP) is 3.74. The molecule has 2 heterocycles. The summed E-state index contributed by atoms with van der Waals surface area (Å²) in [6, 6.07) is 17.4. The lowest BCUT2D eigenvalue weighted by molar-refractivity contribution is 0.0928. The number of fused-ring (bicyclic) bond motifs is 1. The summed E-state index contributed by atoms with van der Waals surface area (Å²) in [4.78, 5) is 21.0. The molecule has 0 saturated carbocycles. The third kappa shape index (κ3) is 3.69. The molecule has 0 unspecified atom stereocenters. The van der Waals surface area contributed by atoms with Crippen molar-refractivity contribution in [2.24, 2.45) is 0 Å². The zero-order chi connectivity index (χ0) is 18.6. The van der Waals surface area contributed by atoms with E-state index in [1.807, 2.05) is 41.1 Å². The third-order valence-electron chi connectivity index (χ3n) is 4.36. The van der Waals surface area contributed by atoms with Gasteiger partial charge in [0.1, 0.15) is 17.0 Å². The Balaban J connectivity index is 1.62. The molecule has 0 fully saturated rings. The molecule has 6 heteroatoms. The van der Waals surface area contributed by atoms with Crippen molar-refractivity contribution < 1.29 is 9.18 Å². The van der Waals surface area contributed by atoms with Gasteiger partial charge in [-0.15, -0.1) is 0 Å². The van der Waals surface area contributed by atoms with Crippen LogP contribution in [0.25, 0.3) is 10.9 Å². The minimum Gasteiger partial charge on any atom is -0.342 e. The Morgan fingerprint density at radius 2 is 1.93 bits per heavy atom. The molecule has 0 aliphatic rings. The highest BCUT2D eigenvalue weighted by Gasteiger charge is 2.18. The highest BCUT2D eigenvalue weighted by molar-refractivity contribution is 5.95. The van der Waals surface area contributed by atoms with Gasteiger partial charge in [-0.2, -0.15) is 0 Å². The number of nitrogens with zero attached hydrogens (tertiary/aromatic N) is 3. The van der Waals surface area contributed by atoms with E-state index in [0.29, 0.717) is 11.9 Å². The molecule has 0 spiro atoms. The van der Waals surface area contributed by atoms with Crippen LogP contribution in [0.1, 0.15) is 22.1 Å². The van der Waals surface area contributed by atoms with Crippen LogP contribution < -0.4 is 5.32 Å². The van der Waals surface area contributed by atoms with E-state index in [4.69, 9.17) is 0 Å². The fourth-order valence-electron chi connectivity index (χ4n) is 2.99. The molecule has 0 bridgehead atoms. The first-order valence-corrected chi connectivity index (χ1v) is 8.57. The molecule has 1 N–H and O–H groups in total. The summed E-state index contributed by atoms with van der Waals surface area (Å²) in [7, 11) is 0. The Kier molecular flexibility index (Phi) is 4.61. The molecule has 0 aliphatic heterocycles. The van der Waals surface area contributed by atoms with E-state index in [1.54, 1.807) is 36.8 Å². The van der Waals surface area contributed by atoms with E-state index < -0.39 is 5.82 Å². The van der Waals surface area contributed by atoms with Crippen LogP contribution in [0.5, 0.6) is 0 Å². The van der Waals surface area contributed by atoms with E-state index in [9.17, 15) is 9.18 Å².